The molecule has 1 aromatic rings. The average molecular weight is 190 g/mol. The van der Waals surface area contributed by atoms with Gasteiger partial charge >= 0.3 is 0 Å². The predicted octanol–water partition coefficient (Wildman–Crippen LogP) is 1.68. The largest absolute Gasteiger partial charge is 0.233 e. The molecule has 1 aromatic heterocycles. The lowest BCUT2D eigenvalue weighted by atomic mass is 9.88. The van der Waals surface area contributed by atoms with Crippen LogP contribution in [-0.2, 0) is 5.41 Å². The van der Waals surface area contributed by atoms with Crippen LogP contribution in [0, 0.1) is 25.2 Å². The summed E-state index contributed by atoms with van der Waals surface area (Å²) in [6, 6.07) is 2.23. The lowest BCUT2D eigenvalue weighted by molar-refractivity contribution is 0.531. The fraction of sp³-hybridized carbons (Fsp3) is 0.600. The van der Waals surface area contributed by atoms with Crippen LogP contribution in [0.25, 0.3) is 0 Å². The molecule has 0 aliphatic rings. The molecule has 0 aromatic carbocycles. The van der Waals surface area contributed by atoms with Gasteiger partial charge in [0, 0.05) is 0 Å². The Hall–Kier alpha value is -1.50. The maximum Gasteiger partial charge on any atom is 0.171 e. The molecule has 4 heteroatoms. The smallest absolute Gasteiger partial charge is 0.171 e. The summed E-state index contributed by atoms with van der Waals surface area (Å²) in [5, 5.41) is 17.0. The molecule has 1 unspecified atom stereocenters. The van der Waals surface area contributed by atoms with Crippen LogP contribution in [0.15, 0.2) is 0 Å². The average Bonchev–Trinajstić information content (AvgIpc) is 2.21. The van der Waals surface area contributed by atoms with Crippen molar-refractivity contribution in [3.63, 3.8) is 0 Å². The summed E-state index contributed by atoms with van der Waals surface area (Å²) in [6.45, 7) is 7.51. The molecule has 0 aliphatic heterocycles. The van der Waals surface area contributed by atoms with E-state index in [0.29, 0.717) is 12.2 Å². The second-order valence-corrected chi connectivity index (χ2v) is 3.60. The third-order valence-corrected chi connectivity index (χ3v) is 2.54. The fourth-order valence-corrected chi connectivity index (χ4v) is 0.978. The van der Waals surface area contributed by atoms with Crippen LogP contribution < -0.4 is 0 Å². The zero-order chi connectivity index (χ0) is 10.8. The number of aromatic nitrogens is 3. The van der Waals surface area contributed by atoms with Crippen molar-refractivity contribution >= 4 is 0 Å². The molecule has 74 valence electrons. The van der Waals surface area contributed by atoms with Crippen molar-refractivity contribution in [1.29, 1.82) is 5.26 Å². The van der Waals surface area contributed by atoms with E-state index in [1.165, 1.54) is 0 Å². The molecule has 0 bridgehead atoms. The zero-order valence-corrected chi connectivity index (χ0v) is 9.00. The first-order valence-corrected chi connectivity index (χ1v) is 4.63. The molecule has 4 nitrogen and oxygen atoms in total. The molecule has 1 heterocycles. The molecule has 14 heavy (non-hydrogen) atoms. The lowest BCUT2D eigenvalue weighted by Gasteiger charge is -2.16. The SMILES string of the molecule is CCC(C)(C#N)c1nnc(C)c(C)n1. The predicted molar refractivity (Wildman–Crippen MR) is 52.6 cm³/mol. The van der Waals surface area contributed by atoms with Crippen molar-refractivity contribution in [3.05, 3.63) is 17.2 Å². The second kappa shape index (κ2) is 3.70. The molecule has 0 fully saturated rings. The van der Waals surface area contributed by atoms with Crippen molar-refractivity contribution in [2.45, 2.75) is 39.5 Å². The number of hydrogen-bond donors (Lipinski definition) is 0. The van der Waals surface area contributed by atoms with Crippen molar-refractivity contribution in [2.24, 2.45) is 0 Å². The number of rotatable bonds is 2. The van der Waals surface area contributed by atoms with E-state index in [-0.39, 0.29) is 0 Å². The maximum atomic E-state index is 9.04. The van der Waals surface area contributed by atoms with E-state index in [1.807, 2.05) is 27.7 Å². The molecule has 0 N–H and O–H groups in total. The van der Waals surface area contributed by atoms with Crippen molar-refractivity contribution in [3.8, 4) is 6.07 Å². The van der Waals surface area contributed by atoms with Gasteiger partial charge in [-0.05, 0) is 27.2 Å². The van der Waals surface area contributed by atoms with Gasteiger partial charge in [-0.2, -0.15) is 10.4 Å². The van der Waals surface area contributed by atoms with Gasteiger partial charge in [-0.3, -0.25) is 0 Å². The molecule has 0 aliphatic carbocycles. The minimum atomic E-state index is -0.620. The Labute approximate surface area is 84.0 Å². The van der Waals surface area contributed by atoms with Gasteiger partial charge in [0.15, 0.2) is 5.82 Å². The summed E-state index contributed by atoms with van der Waals surface area (Å²) < 4.78 is 0. The van der Waals surface area contributed by atoms with Gasteiger partial charge in [0.2, 0.25) is 0 Å². The van der Waals surface area contributed by atoms with Crippen LogP contribution in [-0.4, -0.2) is 15.2 Å². The Morgan fingerprint density at radius 2 is 1.93 bits per heavy atom. The van der Waals surface area contributed by atoms with Gasteiger partial charge in [-0.25, -0.2) is 4.98 Å². The topological polar surface area (TPSA) is 62.5 Å². The Bertz CT molecular complexity index is 380. The van der Waals surface area contributed by atoms with Gasteiger partial charge in [0.05, 0.1) is 17.5 Å². The monoisotopic (exact) mass is 190 g/mol. The lowest BCUT2D eigenvalue weighted by Crippen LogP contribution is -2.23. The van der Waals surface area contributed by atoms with E-state index < -0.39 is 5.41 Å². The third kappa shape index (κ3) is 1.72. The summed E-state index contributed by atoms with van der Waals surface area (Å²) in [6.07, 6.45) is 0.688. The summed E-state index contributed by atoms with van der Waals surface area (Å²) in [5.74, 6) is 0.519. The standard InChI is InChI=1S/C10H14N4/c1-5-10(4,6-11)9-12-7(2)8(3)13-14-9/h5H2,1-4H3. The van der Waals surface area contributed by atoms with Gasteiger partial charge < -0.3 is 0 Å². The van der Waals surface area contributed by atoms with Crippen molar-refractivity contribution in [1.82, 2.24) is 15.2 Å². The number of nitrogens with zero attached hydrogens (tertiary/aromatic N) is 4. The quantitative estimate of drug-likeness (QED) is 0.711. The van der Waals surface area contributed by atoms with Crippen LogP contribution in [0.5, 0.6) is 0 Å². The number of nitriles is 1. The Kier molecular flexibility index (Phi) is 2.80. The minimum absolute atomic E-state index is 0.519. The van der Waals surface area contributed by atoms with E-state index in [2.05, 4.69) is 21.3 Å². The van der Waals surface area contributed by atoms with Crippen molar-refractivity contribution < 1.29 is 0 Å². The molecular weight excluding hydrogens is 176 g/mol. The molecular formula is C10H14N4. The van der Waals surface area contributed by atoms with Crippen molar-refractivity contribution in [2.75, 3.05) is 0 Å². The molecule has 0 amide bonds. The fourth-order valence-electron chi connectivity index (χ4n) is 0.978. The highest BCUT2D eigenvalue weighted by Crippen LogP contribution is 2.22. The van der Waals surface area contributed by atoms with Crippen LogP contribution in [0.1, 0.15) is 37.5 Å². The normalized spacial score (nSPS) is 14.5. The highest BCUT2D eigenvalue weighted by atomic mass is 15.2. The zero-order valence-electron chi connectivity index (χ0n) is 9.00. The first-order valence-electron chi connectivity index (χ1n) is 4.63. The molecule has 0 spiro atoms. The number of aryl methyl sites for hydroxylation is 2. The van der Waals surface area contributed by atoms with Gasteiger partial charge in [-0.1, -0.05) is 6.92 Å². The summed E-state index contributed by atoms with van der Waals surface area (Å²) in [5.41, 5.74) is 1.03. The van der Waals surface area contributed by atoms with E-state index in [9.17, 15) is 0 Å². The van der Waals surface area contributed by atoms with Gasteiger partial charge in [0.1, 0.15) is 5.41 Å². The van der Waals surface area contributed by atoms with E-state index >= 15 is 0 Å². The molecule has 0 radical (unpaired) electrons. The number of hydrogen-bond acceptors (Lipinski definition) is 4. The molecule has 1 rings (SSSR count). The first kappa shape index (κ1) is 10.6. The Morgan fingerprint density at radius 1 is 1.29 bits per heavy atom. The van der Waals surface area contributed by atoms with Crippen LogP contribution in [0.4, 0.5) is 0 Å². The van der Waals surface area contributed by atoms with E-state index in [4.69, 9.17) is 5.26 Å². The van der Waals surface area contributed by atoms with Crippen LogP contribution in [0.2, 0.25) is 0 Å². The highest BCUT2D eigenvalue weighted by Gasteiger charge is 2.28. The molecule has 1 atom stereocenters. The summed E-state index contributed by atoms with van der Waals surface area (Å²) >= 11 is 0. The molecule has 0 saturated carbocycles. The molecule has 0 saturated heterocycles. The minimum Gasteiger partial charge on any atom is -0.233 e. The summed E-state index contributed by atoms with van der Waals surface area (Å²) in [7, 11) is 0. The summed E-state index contributed by atoms with van der Waals surface area (Å²) in [4.78, 5) is 4.29. The first-order chi connectivity index (χ1) is 6.53. The maximum absolute atomic E-state index is 9.04. The Balaban J connectivity index is 3.21. The van der Waals surface area contributed by atoms with Crippen LogP contribution in [0.3, 0.4) is 0 Å². The van der Waals surface area contributed by atoms with Gasteiger partial charge in [-0.15, -0.1) is 5.10 Å². The Morgan fingerprint density at radius 3 is 2.36 bits per heavy atom. The van der Waals surface area contributed by atoms with Gasteiger partial charge in [0.25, 0.3) is 0 Å². The van der Waals surface area contributed by atoms with E-state index in [1.54, 1.807) is 0 Å². The van der Waals surface area contributed by atoms with E-state index in [0.717, 1.165) is 11.4 Å². The van der Waals surface area contributed by atoms with Crippen LogP contribution >= 0.6 is 0 Å². The second-order valence-electron chi connectivity index (χ2n) is 3.60. The third-order valence-electron chi connectivity index (χ3n) is 2.54. The highest BCUT2D eigenvalue weighted by molar-refractivity contribution is 5.19.